The molecule has 5 heteroatoms. The Balaban J connectivity index is 2.48. The molecule has 0 aromatic heterocycles. The van der Waals surface area contributed by atoms with Crippen LogP contribution in [0.5, 0.6) is 0 Å². The van der Waals surface area contributed by atoms with E-state index in [2.05, 4.69) is 0 Å². The second kappa shape index (κ2) is 7.31. The summed E-state index contributed by atoms with van der Waals surface area (Å²) in [6.07, 6.45) is 1.16. The van der Waals surface area contributed by atoms with Crippen LogP contribution >= 0.6 is 0 Å². The zero-order valence-corrected chi connectivity index (χ0v) is 10.5. The number of hydrogen-bond acceptors (Lipinski definition) is 3. The van der Waals surface area contributed by atoms with Crippen LogP contribution < -0.4 is 0 Å². The van der Waals surface area contributed by atoms with E-state index in [1.54, 1.807) is 24.3 Å². The second-order valence-corrected chi connectivity index (χ2v) is 4.26. The van der Waals surface area contributed by atoms with Crippen LogP contribution in [0.15, 0.2) is 24.3 Å². The fourth-order valence-electron chi connectivity index (χ4n) is 1.67. The van der Waals surface area contributed by atoms with Crippen molar-refractivity contribution in [1.82, 2.24) is 0 Å². The van der Waals surface area contributed by atoms with Gasteiger partial charge in [-0.2, -0.15) is 0 Å². The average Bonchev–Trinajstić information content (AvgIpc) is 2.36. The number of aryl methyl sites for hydroxylation is 1. The molecule has 102 valence electrons. The molecule has 0 aliphatic carbocycles. The first-order valence-electron chi connectivity index (χ1n) is 6.05. The number of carbonyl (C=O) groups excluding carboxylic acids is 1. The van der Waals surface area contributed by atoms with Crippen molar-refractivity contribution in [3.8, 4) is 0 Å². The molecule has 0 saturated carbocycles. The van der Waals surface area contributed by atoms with Crippen molar-refractivity contribution in [2.24, 2.45) is 0 Å². The van der Waals surface area contributed by atoms with Crippen LogP contribution in [0.4, 0.5) is 0 Å². The Bertz CT molecular complexity index is 461. The van der Waals surface area contributed by atoms with Crippen LogP contribution in [0.3, 0.4) is 0 Å². The highest BCUT2D eigenvalue weighted by atomic mass is 16.4. The van der Waals surface area contributed by atoms with Crippen molar-refractivity contribution in [2.45, 2.75) is 32.1 Å². The average molecular weight is 264 g/mol. The zero-order valence-electron chi connectivity index (χ0n) is 10.5. The smallest absolute Gasteiger partial charge is 0.303 e. The molecule has 0 unspecified atom stereocenters. The molecule has 0 amide bonds. The Morgan fingerprint density at radius 1 is 0.842 bits per heavy atom. The number of aliphatic carboxylic acids is 2. The van der Waals surface area contributed by atoms with Crippen molar-refractivity contribution in [2.75, 3.05) is 0 Å². The molecule has 0 aliphatic heterocycles. The van der Waals surface area contributed by atoms with Crippen LogP contribution in [-0.2, 0) is 16.0 Å². The lowest BCUT2D eigenvalue weighted by atomic mass is 10.0. The molecule has 5 nitrogen and oxygen atoms in total. The number of rotatable bonds is 8. The highest BCUT2D eigenvalue weighted by Crippen LogP contribution is 2.10. The molecule has 19 heavy (non-hydrogen) atoms. The Labute approximate surface area is 110 Å². The lowest BCUT2D eigenvalue weighted by molar-refractivity contribution is -0.138. The summed E-state index contributed by atoms with van der Waals surface area (Å²) < 4.78 is 0. The molecule has 0 radical (unpaired) electrons. The van der Waals surface area contributed by atoms with E-state index >= 15 is 0 Å². The van der Waals surface area contributed by atoms with E-state index in [4.69, 9.17) is 10.2 Å². The van der Waals surface area contributed by atoms with Gasteiger partial charge in [-0.25, -0.2) is 0 Å². The largest absolute Gasteiger partial charge is 0.481 e. The third kappa shape index (κ3) is 5.81. The fraction of sp³-hybridized carbons (Fsp3) is 0.357. The SMILES string of the molecule is O=C(O)CCCc1ccc(C(=O)CCC(=O)O)cc1. The fourth-order valence-corrected chi connectivity index (χ4v) is 1.67. The summed E-state index contributed by atoms with van der Waals surface area (Å²) in [6, 6.07) is 6.85. The van der Waals surface area contributed by atoms with Crippen molar-refractivity contribution >= 4 is 17.7 Å². The molecular weight excluding hydrogens is 248 g/mol. The van der Waals surface area contributed by atoms with Gasteiger partial charge in [0, 0.05) is 18.4 Å². The summed E-state index contributed by atoms with van der Waals surface area (Å²) in [5.74, 6) is -2.00. The molecule has 2 N–H and O–H groups in total. The maximum absolute atomic E-state index is 11.6. The Kier molecular flexibility index (Phi) is 5.73. The summed E-state index contributed by atoms with van der Waals surface area (Å²) in [5.41, 5.74) is 1.46. The Morgan fingerprint density at radius 3 is 1.95 bits per heavy atom. The van der Waals surface area contributed by atoms with Gasteiger partial charge >= 0.3 is 11.9 Å². The molecule has 1 aromatic carbocycles. The van der Waals surface area contributed by atoms with Crippen molar-refractivity contribution in [3.05, 3.63) is 35.4 Å². The van der Waals surface area contributed by atoms with Crippen LogP contribution in [0.25, 0.3) is 0 Å². The van der Waals surface area contributed by atoms with Crippen molar-refractivity contribution in [3.63, 3.8) is 0 Å². The first-order valence-corrected chi connectivity index (χ1v) is 6.05. The number of hydrogen-bond donors (Lipinski definition) is 2. The minimum absolute atomic E-state index is 0.00626. The van der Waals surface area contributed by atoms with E-state index in [1.165, 1.54) is 0 Å². The second-order valence-electron chi connectivity index (χ2n) is 4.26. The van der Waals surface area contributed by atoms with Gasteiger partial charge in [-0.1, -0.05) is 24.3 Å². The van der Waals surface area contributed by atoms with Crippen LogP contribution in [0, 0.1) is 0 Å². The third-order valence-electron chi connectivity index (χ3n) is 2.70. The maximum atomic E-state index is 11.6. The van der Waals surface area contributed by atoms with E-state index in [1.807, 2.05) is 0 Å². The van der Waals surface area contributed by atoms with Gasteiger partial charge in [-0.15, -0.1) is 0 Å². The summed E-state index contributed by atoms with van der Waals surface area (Å²) in [5, 5.41) is 17.0. The zero-order chi connectivity index (χ0) is 14.3. The summed E-state index contributed by atoms with van der Waals surface area (Å²) in [6.45, 7) is 0. The van der Waals surface area contributed by atoms with Gasteiger partial charge in [0.15, 0.2) is 5.78 Å². The van der Waals surface area contributed by atoms with Gasteiger partial charge in [-0.05, 0) is 18.4 Å². The van der Waals surface area contributed by atoms with Gasteiger partial charge < -0.3 is 10.2 Å². The van der Waals surface area contributed by atoms with E-state index in [-0.39, 0.29) is 25.0 Å². The normalized spacial score (nSPS) is 10.1. The predicted molar refractivity (Wildman–Crippen MR) is 68.2 cm³/mol. The van der Waals surface area contributed by atoms with E-state index in [0.29, 0.717) is 18.4 Å². The minimum Gasteiger partial charge on any atom is -0.481 e. The van der Waals surface area contributed by atoms with Crippen molar-refractivity contribution < 1.29 is 24.6 Å². The molecule has 0 atom stereocenters. The van der Waals surface area contributed by atoms with E-state index in [9.17, 15) is 14.4 Å². The van der Waals surface area contributed by atoms with E-state index in [0.717, 1.165) is 5.56 Å². The molecule has 1 aromatic rings. The van der Waals surface area contributed by atoms with Gasteiger partial charge in [0.2, 0.25) is 0 Å². The standard InChI is InChI=1S/C14H16O5/c15-12(8-9-14(18)19)11-6-4-10(5-7-11)2-1-3-13(16)17/h4-7H,1-3,8-9H2,(H,16,17)(H,18,19). The number of Topliss-reactive ketones (excluding diaryl/α,β-unsaturated/α-hetero) is 1. The lowest BCUT2D eigenvalue weighted by Gasteiger charge is -2.02. The first kappa shape index (κ1) is 14.9. The number of carboxylic acid groups (broad SMARTS) is 2. The molecule has 0 saturated heterocycles. The summed E-state index contributed by atoms with van der Waals surface area (Å²) >= 11 is 0. The predicted octanol–water partition coefficient (Wildman–Crippen LogP) is 2.14. The maximum Gasteiger partial charge on any atom is 0.303 e. The minimum atomic E-state index is -0.987. The Hall–Kier alpha value is -2.17. The number of ketones is 1. The first-order chi connectivity index (χ1) is 8.99. The van der Waals surface area contributed by atoms with Gasteiger partial charge in [0.1, 0.15) is 0 Å². The monoisotopic (exact) mass is 264 g/mol. The molecule has 0 heterocycles. The number of carbonyl (C=O) groups is 3. The third-order valence-corrected chi connectivity index (χ3v) is 2.70. The molecule has 0 aliphatic rings. The number of benzene rings is 1. The van der Waals surface area contributed by atoms with E-state index < -0.39 is 11.9 Å². The highest BCUT2D eigenvalue weighted by Gasteiger charge is 2.08. The summed E-state index contributed by atoms with van der Waals surface area (Å²) in [7, 11) is 0. The highest BCUT2D eigenvalue weighted by molar-refractivity contribution is 5.97. The van der Waals surface area contributed by atoms with Crippen LogP contribution in [-0.4, -0.2) is 27.9 Å². The molecule has 0 spiro atoms. The topological polar surface area (TPSA) is 91.7 Å². The molecular formula is C14H16O5. The van der Waals surface area contributed by atoms with Crippen LogP contribution in [0.2, 0.25) is 0 Å². The van der Waals surface area contributed by atoms with Crippen molar-refractivity contribution in [1.29, 1.82) is 0 Å². The quantitative estimate of drug-likeness (QED) is 0.702. The van der Waals surface area contributed by atoms with Gasteiger partial charge in [0.05, 0.1) is 6.42 Å². The molecule has 0 fully saturated rings. The van der Waals surface area contributed by atoms with Gasteiger partial charge in [-0.3, -0.25) is 14.4 Å². The molecule has 0 bridgehead atoms. The Morgan fingerprint density at radius 2 is 1.42 bits per heavy atom. The summed E-state index contributed by atoms with van der Waals surface area (Å²) in [4.78, 5) is 32.4. The molecule has 1 rings (SSSR count). The number of carboxylic acids is 2. The van der Waals surface area contributed by atoms with Crippen LogP contribution in [0.1, 0.15) is 41.6 Å². The lowest BCUT2D eigenvalue weighted by Crippen LogP contribution is -2.04. The van der Waals surface area contributed by atoms with Gasteiger partial charge in [0.25, 0.3) is 0 Å².